The number of aryl methyl sites for hydroxylation is 1. The van der Waals surface area contributed by atoms with Crippen LogP contribution in [0.5, 0.6) is 5.75 Å². The number of hydrogen-bond donors (Lipinski definition) is 2. The number of hydrogen-bond acceptors (Lipinski definition) is 3. The van der Waals surface area contributed by atoms with E-state index in [0.717, 1.165) is 53.8 Å². The molecule has 4 nitrogen and oxygen atoms in total. The molecule has 1 aliphatic rings. The molecule has 0 aliphatic heterocycles. The monoisotopic (exact) mass is 403 g/mol. The topological polar surface area (TPSA) is 49.9 Å². The molecule has 0 fully saturated rings. The maximum atomic E-state index is 14.3. The molecular formula is C25H26FN3O. The molecule has 0 bridgehead atoms. The number of aromatic amines is 1. The minimum atomic E-state index is -0.341. The maximum Gasteiger partial charge on any atom is 0.165 e. The van der Waals surface area contributed by atoms with E-state index in [4.69, 9.17) is 9.72 Å². The van der Waals surface area contributed by atoms with E-state index in [2.05, 4.69) is 41.5 Å². The third kappa shape index (κ3) is 3.14. The first kappa shape index (κ1) is 19.1. The van der Waals surface area contributed by atoms with E-state index in [1.807, 2.05) is 6.07 Å². The number of H-pyrrole nitrogens is 1. The van der Waals surface area contributed by atoms with Crippen molar-refractivity contribution >= 4 is 21.8 Å². The van der Waals surface area contributed by atoms with Gasteiger partial charge in [0.2, 0.25) is 0 Å². The Hall–Kier alpha value is -2.92. The van der Waals surface area contributed by atoms with Crippen molar-refractivity contribution in [1.82, 2.24) is 15.3 Å². The number of nitrogens with zero attached hydrogens (tertiary/aromatic N) is 1. The molecule has 30 heavy (non-hydrogen) atoms. The van der Waals surface area contributed by atoms with Crippen LogP contribution in [-0.4, -0.2) is 23.6 Å². The number of para-hydroxylation sites is 1. The summed E-state index contributed by atoms with van der Waals surface area (Å²) in [4.78, 5) is 8.76. The summed E-state index contributed by atoms with van der Waals surface area (Å²) in [6, 6.07) is 13.9. The number of halogens is 1. The second-order valence-electron chi connectivity index (χ2n) is 7.99. The van der Waals surface area contributed by atoms with Crippen LogP contribution in [0.25, 0.3) is 21.8 Å². The molecule has 5 heteroatoms. The minimum absolute atomic E-state index is 0.264. The van der Waals surface area contributed by atoms with Crippen LogP contribution in [0.4, 0.5) is 4.39 Å². The van der Waals surface area contributed by atoms with E-state index in [0.29, 0.717) is 6.42 Å². The lowest BCUT2D eigenvalue weighted by Gasteiger charge is -2.26. The summed E-state index contributed by atoms with van der Waals surface area (Å²) in [5.74, 6) is -0.0773. The molecule has 0 spiro atoms. The molecule has 2 aromatic carbocycles. The van der Waals surface area contributed by atoms with Crippen LogP contribution in [0.1, 0.15) is 48.3 Å². The lowest BCUT2D eigenvalue weighted by atomic mass is 9.88. The van der Waals surface area contributed by atoms with E-state index >= 15 is 0 Å². The van der Waals surface area contributed by atoms with Crippen molar-refractivity contribution in [2.24, 2.45) is 0 Å². The van der Waals surface area contributed by atoms with Crippen LogP contribution in [0.2, 0.25) is 0 Å². The molecular weight excluding hydrogens is 377 g/mol. The summed E-state index contributed by atoms with van der Waals surface area (Å²) in [5, 5.41) is 6.13. The van der Waals surface area contributed by atoms with E-state index in [1.54, 1.807) is 12.1 Å². The number of aromatic nitrogens is 2. The van der Waals surface area contributed by atoms with Gasteiger partial charge in [0.15, 0.2) is 11.6 Å². The second kappa shape index (κ2) is 7.73. The highest BCUT2D eigenvalue weighted by atomic mass is 19.1. The smallest absolute Gasteiger partial charge is 0.165 e. The number of benzene rings is 2. The van der Waals surface area contributed by atoms with Crippen molar-refractivity contribution in [2.75, 3.05) is 13.7 Å². The zero-order valence-corrected chi connectivity index (χ0v) is 17.4. The third-order valence-corrected chi connectivity index (χ3v) is 6.15. The van der Waals surface area contributed by atoms with Crippen molar-refractivity contribution in [3.63, 3.8) is 0 Å². The van der Waals surface area contributed by atoms with Crippen molar-refractivity contribution in [3.8, 4) is 5.75 Å². The fourth-order valence-corrected chi connectivity index (χ4v) is 4.82. The molecule has 5 rings (SSSR count). The molecule has 0 radical (unpaired) electrons. The fraction of sp³-hybridized carbons (Fsp3) is 0.320. The van der Waals surface area contributed by atoms with Crippen molar-refractivity contribution in [1.29, 1.82) is 0 Å². The van der Waals surface area contributed by atoms with Crippen molar-refractivity contribution in [2.45, 2.75) is 38.6 Å². The van der Waals surface area contributed by atoms with E-state index < -0.39 is 0 Å². The first-order valence-corrected chi connectivity index (χ1v) is 10.7. The first-order chi connectivity index (χ1) is 14.7. The summed E-state index contributed by atoms with van der Waals surface area (Å²) in [5.41, 5.74) is 6.55. The van der Waals surface area contributed by atoms with Crippen LogP contribution in [-0.2, 0) is 12.8 Å². The van der Waals surface area contributed by atoms with Gasteiger partial charge in [0.1, 0.15) is 0 Å². The molecule has 1 atom stereocenters. The Labute approximate surface area is 175 Å². The van der Waals surface area contributed by atoms with Crippen LogP contribution in [0.3, 0.4) is 0 Å². The molecule has 4 aromatic rings. The van der Waals surface area contributed by atoms with E-state index in [-0.39, 0.29) is 17.6 Å². The molecule has 1 unspecified atom stereocenters. The molecule has 2 N–H and O–H groups in total. The minimum Gasteiger partial charge on any atom is -0.494 e. The quantitative estimate of drug-likeness (QED) is 0.466. The third-order valence-electron chi connectivity index (χ3n) is 6.15. The molecule has 0 saturated carbocycles. The number of rotatable bonds is 5. The zero-order valence-electron chi connectivity index (χ0n) is 17.4. The normalized spacial score (nSPS) is 16.2. The highest BCUT2D eigenvalue weighted by molar-refractivity contribution is 6.10. The van der Waals surface area contributed by atoms with Crippen LogP contribution in [0.15, 0.2) is 42.5 Å². The SMILES string of the molecule is CCNC1CCCc2c1nc(Cc1ccc(OC)c(F)c1)c1[nH]c3ccccc3c21. The molecule has 154 valence electrons. The van der Waals surface area contributed by atoms with Gasteiger partial charge >= 0.3 is 0 Å². The van der Waals surface area contributed by atoms with Crippen LogP contribution >= 0.6 is 0 Å². The lowest BCUT2D eigenvalue weighted by Crippen LogP contribution is -2.26. The summed E-state index contributed by atoms with van der Waals surface area (Å²) >= 11 is 0. The number of ether oxygens (including phenoxy) is 1. The van der Waals surface area contributed by atoms with E-state index in [9.17, 15) is 4.39 Å². The largest absolute Gasteiger partial charge is 0.494 e. The van der Waals surface area contributed by atoms with E-state index in [1.165, 1.54) is 23.4 Å². The van der Waals surface area contributed by atoms with Gasteiger partial charge in [0, 0.05) is 28.8 Å². The number of nitrogens with one attached hydrogen (secondary N) is 2. The Balaban J connectivity index is 1.72. The van der Waals surface area contributed by atoms with Crippen molar-refractivity contribution in [3.05, 3.63) is 70.8 Å². The van der Waals surface area contributed by atoms with Gasteiger partial charge in [-0.1, -0.05) is 31.2 Å². The van der Waals surface area contributed by atoms with Crippen LogP contribution < -0.4 is 10.1 Å². The highest BCUT2D eigenvalue weighted by Crippen LogP contribution is 2.38. The second-order valence-corrected chi connectivity index (χ2v) is 7.99. The summed E-state index contributed by atoms with van der Waals surface area (Å²) in [6.45, 7) is 3.05. The molecule has 0 saturated heterocycles. The Kier molecular flexibility index (Phi) is 4.91. The van der Waals surface area contributed by atoms with Gasteiger partial charge in [-0.15, -0.1) is 0 Å². The number of pyridine rings is 1. The fourth-order valence-electron chi connectivity index (χ4n) is 4.82. The standard InChI is InChI=1S/C25H26FN3O/c1-3-27-20-10-6-8-17-23-16-7-4-5-9-19(16)28-25(23)21(29-24(17)20)14-15-11-12-22(30-2)18(26)13-15/h4-5,7,9,11-13,20,27-28H,3,6,8,10,14H2,1-2H3. The molecule has 0 amide bonds. The van der Waals surface area contributed by atoms with Gasteiger partial charge in [-0.05, 0) is 55.1 Å². The van der Waals surface area contributed by atoms with Gasteiger partial charge in [-0.2, -0.15) is 0 Å². The summed E-state index contributed by atoms with van der Waals surface area (Å²) in [7, 11) is 1.48. The van der Waals surface area contributed by atoms with Crippen LogP contribution in [0, 0.1) is 5.82 Å². The van der Waals surface area contributed by atoms with Gasteiger partial charge in [-0.3, -0.25) is 4.98 Å². The molecule has 1 aliphatic carbocycles. The van der Waals surface area contributed by atoms with Gasteiger partial charge in [0.05, 0.1) is 24.0 Å². The Morgan fingerprint density at radius 2 is 2.10 bits per heavy atom. The number of methoxy groups -OCH3 is 1. The summed E-state index contributed by atoms with van der Waals surface area (Å²) in [6.07, 6.45) is 3.86. The average Bonchev–Trinajstić information content (AvgIpc) is 3.15. The predicted molar refractivity (Wildman–Crippen MR) is 119 cm³/mol. The van der Waals surface area contributed by atoms with Gasteiger partial charge in [0.25, 0.3) is 0 Å². The average molecular weight is 404 g/mol. The Morgan fingerprint density at radius 3 is 2.90 bits per heavy atom. The maximum absolute atomic E-state index is 14.3. The summed E-state index contributed by atoms with van der Waals surface area (Å²) < 4.78 is 19.4. The lowest BCUT2D eigenvalue weighted by molar-refractivity contribution is 0.386. The Morgan fingerprint density at radius 1 is 1.23 bits per heavy atom. The number of fused-ring (bicyclic) bond motifs is 5. The van der Waals surface area contributed by atoms with Crippen molar-refractivity contribution < 1.29 is 9.13 Å². The Bertz CT molecular complexity index is 1230. The van der Waals surface area contributed by atoms with Gasteiger partial charge in [-0.25, -0.2) is 4.39 Å². The van der Waals surface area contributed by atoms with Gasteiger partial charge < -0.3 is 15.0 Å². The molecule has 2 aromatic heterocycles. The molecule has 2 heterocycles. The first-order valence-electron chi connectivity index (χ1n) is 10.7. The highest BCUT2D eigenvalue weighted by Gasteiger charge is 2.26. The predicted octanol–water partition coefficient (Wildman–Crippen LogP) is 5.44. The zero-order chi connectivity index (χ0) is 20.7.